The molecule has 0 aromatic heterocycles. The van der Waals surface area contributed by atoms with Crippen molar-refractivity contribution in [3.63, 3.8) is 0 Å². The molecule has 0 atom stereocenters. The number of rotatable bonds is 3. The Balaban J connectivity index is 2.58. The molecule has 0 fully saturated rings. The van der Waals surface area contributed by atoms with Crippen LogP contribution in [0.4, 0.5) is 0 Å². The molecule has 0 bridgehead atoms. The summed E-state index contributed by atoms with van der Waals surface area (Å²) in [4.78, 5) is 11.9. The molecule has 1 heterocycles. The third-order valence-electron chi connectivity index (χ3n) is 3.09. The number of carbonyl (C=O) groups is 1. The molecule has 3 heteroatoms. The Morgan fingerprint density at radius 1 is 1.30 bits per heavy atom. The van der Waals surface area contributed by atoms with Crippen molar-refractivity contribution in [3.8, 4) is 5.75 Å². The van der Waals surface area contributed by atoms with Crippen LogP contribution in [0, 0.1) is 0 Å². The minimum Gasteiger partial charge on any atom is -0.507 e. The highest BCUT2D eigenvalue weighted by Gasteiger charge is 2.31. The number of phenolic OH excluding ortho intramolecular Hbond substituents is 1. The fourth-order valence-electron chi connectivity index (χ4n) is 2.11. The van der Waals surface area contributed by atoms with Gasteiger partial charge in [0.25, 0.3) is 0 Å². The first-order valence-corrected chi connectivity index (χ1v) is 6.58. The fourth-order valence-corrected chi connectivity index (χ4v) is 2.11. The maximum Gasteiger partial charge on any atom is 0.348 e. The third kappa shape index (κ3) is 2.67. The van der Waals surface area contributed by atoms with Crippen molar-refractivity contribution in [2.24, 2.45) is 0 Å². The van der Waals surface area contributed by atoms with E-state index < -0.39 is 5.97 Å². The Bertz CT molecular complexity index is 630. The number of aromatic hydroxyl groups is 1. The van der Waals surface area contributed by atoms with Crippen molar-refractivity contribution in [2.45, 2.75) is 27.2 Å². The van der Waals surface area contributed by atoms with Crippen molar-refractivity contribution < 1.29 is 14.6 Å². The molecular weight excluding hydrogens is 252 g/mol. The molecular formula is C17H18O3. The van der Waals surface area contributed by atoms with Gasteiger partial charge >= 0.3 is 5.97 Å². The summed E-state index contributed by atoms with van der Waals surface area (Å²) >= 11 is 0. The first-order chi connectivity index (χ1) is 9.54. The summed E-state index contributed by atoms with van der Waals surface area (Å²) in [6, 6.07) is 3.38. The van der Waals surface area contributed by atoms with E-state index in [0.717, 1.165) is 5.56 Å². The zero-order valence-corrected chi connectivity index (χ0v) is 11.9. The average molecular weight is 270 g/mol. The lowest BCUT2D eigenvalue weighted by molar-refractivity contribution is 0.0713. The Morgan fingerprint density at radius 3 is 2.70 bits per heavy atom. The van der Waals surface area contributed by atoms with Gasteiger partial charge in [0.1, 0.15) is 17.1 Å². The van der Waals surface area contributed by atoms with Gasteiger partial charge in [0.15, 0.2) is 0 Å². The fraction of sp³-hybridized carbons (Fsp3) is 0.235. The summed E-state index contributed by atoms with van der Waals surface area (Å²) in [5.74, 6) is -0.0294. The molecule has 0 spiro atoms. The summed E-state index contributed by atoms with van der Waals surface area (Å²) in [6.07, 6.45) is 8.20. The van der Waals surface area contributed by atoms with Crippen molar-refractivity contribution >= 4 is 11.7 Å². The van der Waals surface area contributed by atoms with Gasteiger partial charge in [-0.25, -0.2) is 4.79 Å². The molecule has 0 saturated heterocycles. The normalized spacial score (nSPS) is 15.6. The predicted octanol–water partition coefficient (Wildman–Crippen LogP) is 3.99. The van der Waals surface area contributed by atoms with Crippen LogP contribution in [0.25, 0.3) is 5.76 Å². The van der Waals surface area contributed by atoms with Crippen molar-refractivity contribution in [1.29, 1.82) is 0 Å². The number of hydrogen-bond donors (Lipinski definition) is 1. The van der Waals surface area contributed by atoms with E-state index in [4.69, 9.17) is 4.74 Å². The summed E-state index contributed by atoms with van der Waals surface area (Å²) in [5.41, 5.74) is 3.14. The summed E-state index contributed by atoms with van der Waals surface area (Å²) < 4.78 is 5.25. The van der Waals surface area contributed by atoms with Crippen molar-refractivity contribution in [1.82, 2.24) is 0 Å². The number of phenols is 1. The minimum atomic E-state index is -0.493. The summed E-state index contributed by atoms with van der Waals surface area (Å²) in [7, 11) is 0. The zero-order chi connectivity index (χ0) is 14.7. The standard InChI is InChI=1S/C17H18O3/c1-4-5-6-14-15-12(8-7-11(2)3)9-10-13(18)16(15)17(19)20-14/h4-7,9-10,18H,8H2,1-3H3. The number of benzene rings is 1. The number of hydrogen-bond acceptors (Lipinski definition) is 3. The number of carbonyl (C=O) groups excluding carboxylic acids is 1. The van der Waals surface area contributed by atoms with Crippen LogP contribution in [0.3, 0.4) is 0 Å². The molecule has 0 aliphatic carbocycles. The molecule has 1 aromatic carbocycles. The molecule has 1 aliphatic heterocycles. The summed E-state index contributed by atoms with van der Waals surface area (Å²) in [5, 5.41) is 9.89. The topological polar surface area (TPSA) is 46.5 Å². The van der Waals surface area contributed by atoms with Crippen LogP contribution in [-0.2, 0) is 11.2 Å². The van der Waals surface area contributed by atoms with Crippen LogP contribution in [0.5, 0.6) is 5.75 Å². The molecule has 0 radical (unpaired) electrons. The van der Waals surface area contributed by atoms with Gasteiger partial charge in [-0.15, -0.1) is 0 Å². The first-order valence-electron chi connectivity index (χ1n) is 6.58. The van der Waals surface area contributed by atoms with E-state index in [1.807, 2.05) is 39.0 Å². The van der Waals surface area contributed by atoms with E-state index >= 15 is 0 Å². The Kier molecular flexibility index (Phi) is 4.08. The van der Waals surface area contributed by atoms with E-state index in [-0.39, 0.29) is 11.3 Å². The van der Waals surface area contributed by atoms with Crippen LogP contribution < -0.4 is 0 Å². The quantitative estimate of drug-likeness (QED) is 0.667. The zero-order valence-electron chi connectivity index (χ0n) is 11.9. The number of fused-ring (bicyclic) bond motifs is 1. The van der Waals surface area contributed by atoms with E-state index in [2.05, 4.69) is 6.08 Å². The largest absolute Gasteiger partial charge is 0.507 e. The Morgan fingerprint density at radius 2 is 2.05 bits per heavy atom. The maximum absolute atomic E-state index is 11.9. The third-order valence-corrected chi connectivity index (χ3v) is 3.09. The second kappa shape index (κ2) is 5.78. The van der Waals surface area contributed by atoms with Crippen LogP contribution in [-0.4, -0.2) is 11.1 Å². The number of cyclic esters (lactones) is 1. The lowest BCUT2D eigenvalue weighted by atomic mass is 9.97. The van der Waals surface area contributed by atoms with Crippen LogP contribution in [0.15, 0.2) is 42.0 Å². The highest BCUT2D eigenvalue weighted by molar-refractivity contribution is 6.06. The molecule has 0 amide bonds. The van der Waals surface area contributed by atoms with Gasteiger partial charge in [-0.05, 0) is 44.9 Å². The molecule has 2 rings (SSSR count). The lowest BCUT2D eigenvalue weighted by Crippen LogP contribution is -1.96. The van der Waals surface area contributed by atoms with E-state index in [9.17, 15) is 9.90 Å². The lowest BCUT2D eigenvalue weighted by Gasteiger charge is -2.06. The molecule has 0 unspecified atom stereocenters. The van der Waals surface area contributed by atoms with Gasteiger partial charge in [-0.1, -0.05) is 29.9 Å². The average Bonchev–Trinajstić information content (AvgIpc) is 2.74. The highest BCUT2D eigenvalue weighted by atomic mass is 16.5. The minimum absolute atomic E-state index is 0.0326. The highest BCUT2D eigenvalue weighted by Crippen LogP contribution is 2.38. The molecule has 0 saturated carbocycles. The number of ether oxygens (including phenoxy) is 1. The van der Waals surface area contributed by atoms with Gasteiger partial charge in [0.05, 0.1) is 0 Å². The molecule has 1 aromatic rings. The Labute approximate surface area is 118 Å². The van der Waals surface area contributed by atoms with Crippen molar-refractivity contribution in [2.75, 3.05) is 0 Å². The second-order valence-corrected chi connectivity index (χ2v) is 4.93. The molecule has 20 heavy (non-hydrogen) atoms. The van der Waals surface area contributed by atoms with Crippen LogP contribution in [0.1, 0.15) is 42.3 Å². The van der Waals surface area contributed by atoms with Gasteiger partial charge in [-0.2, -0.15) is 0 Å². The van der Waals surface area contributed by atoms with E-state index in [1.54, 1.807) is 12.1 Å². The van der Waals surface area contributed by atoms with Crippen LogP contribution in [0.2, 0.25) is 0 Å². The maximum atomic E-state index is 11.9. The van der Waals surface area contributed by atoms with Gasteiger partial charge in [-0.3, -0.25) is 0 Å². The molecule has 104 valence electrons. The van der Waals surface area contributed by atoms with Crippen molar-refractivity contribution in [3.05, 3.63) is 58.7 Å². The Hall–Kier alpha value is -2.29. The van der Waals surface area contributed by atoms with E-state index in [0.29, 0.717) is 17.7 Å². The van der Waals surface area contributed by atoms with E-state index in [1.165, 1.54) is 5.57 Å². The monoisotopic (exact) mass is 270 g/mol. The number of esters is 1. The van der Waals surface area contributed by atoms with Crippen LogP contribution >= 0.6 is 0 Å². The molecule has 1 N–H and O–H groups in total. The second-order valence-electron chi connectivity index (χ2n) is 4.93. The SMILES string of the molecule is CC=CC=C1OC(=O)c2c(O)ccc(CC=C(C)C)c21. The predicted molar refractivity (Wildman–Crippen MR) is 79.4 cm³/mol. The first kappa shape index (κ1) is 14.1. The van der Waals surface area contributed by atoms with Gasteiger partial charge in [0.2, 0.25) is 0 Å². The van der Waals surface area contributed by atoms with Gasteiger partial charge in [0, 0.05) is 5.56 Å². The smallest absolute Gasteiger partial charge is 0.348 e. The van der Waals surface area contributed by atoms with Gasteiger partial charge < -0.3 is 9.84 Å². The summed E-state index contributed by atoms with van der Waals surface area (Å²) in [6.45, 7) is 5.94. The molecule has 3 nitrogen and oxygen atoms in total. The number of allylic oxidation sites excluding steroid dienone is 5. The molecule has 1 aliphatic rings.